The van der Waals surface area contributed by atoms with Gasteiger partial charge in [0.15, 0.2) is 5.82 Å². The molecule has 1 N–H and O–H groups in total. The van der Waals surface area contributed by atoms with Crippen molar-refractivity contribution in [2.24, 2.45) is 0 Å². The summed E-state index contributed by atoms with van der Waals surface area (Å²) in [6, 6.07) is 10.2. The van der Waals surface area contributed by atoms with Crippen LogP contribution in [0.15, 0.2) is 34.9 Å². The van der Waals surface area contributed by atoms with E-state index >= 15 is 0 Å². The van der Waals surface area contributed by atoms with Gasteiger partial charge in [0, 0.05) is 18.9 Å². The van der Waals surface area contributed by atoms with Crippen molar-refractivity contribution in [1.82, 2.24) is 15.5 Å². The number of hydrogen-bond donors (Lipinski definition) is 1. The van der Waals surface area contributed by atoms with Crippen molar-refractivity contribution in [3.8, 4) is 5.75 Å². The molecule has 3 rings (SSSR count). The SMILES string of the molecule is c1ccc(OCCc2noc(CC3CCCN3)n2)cc1. The van der Waals surface area contributed by atoms with Crippen LogP contribution in [0.3, 0.4) is 0 Å². The number of hydrogen-bond acceptors (Lipinski definition) is 5. The van der Waals surface area contributed by atoms with Crippen LogP contribution in [-0.2, 0) is 12.8 Å². The minimum absolute atomic E-state index is 0.490. The lowest BCUT2D eigenvalue weighted by molar-refractivity contribution is 0.313. The Morgan fingerprint density at radius 1 is 1.30 bits per heavy atom. The molecule has 1 atom stereocenters. The van der Waals surface area contributed by atoms with Gasteiger partial charge in [-0.15, -0.1) is 0 Å². The average molecular weight is 273 g/mol. The summed E-state index contributed by atoms with van der Waals surface area (Å²) in [5.74, 6) is 2.31. The van der Waals surface area contributed by atoms with Crippen LogP contribution in [0, 0.1) is 0 Å². The van der Waals surface area contributed by atoms with Crippen LogP contribution in [0.25, 0.3) is 0 Å². The molecule has 20 heavy (non-hydrogen) atoms. The molecule has 1 aromatic carbocycles. The lowest BCUT2D eigenvalue weighted by Gasteiger charge is -2.04. The minimum Gasteiger partial charge on any atom is -0.493 e. The third-order valence-corrected chi connectivity index (χ3v) is 3.43. The van der Waals surface area contributed by atoms with Crippen LogP contribution in [0.2, 0.25) is 0 Å². The summed E-state index contributed by atoms with van der Waals surface area (Å²) < 4.78 is 10.9. The maximum Gasteiger partial charge on any atom is 0.228 e. The van der Waals surface area contributed by atoms with Crippen molar-refractivity contribution in [2.45, 2.75) is 31.7 Å². The molecular weight excluding hydrogens is 254 g/mol. The minimum atomic E-state index is 0.490. The first kappa shape index (κ1) is 13.1. The fraction of sp³-hybridized carbons (Fsp3) is 0.467. The van der Waals surface area contributed by atoms with Crippen LogP contribution < -0.4 is 10.1 Å². The van der Waals surface area contributed by atoms with Gasteiger partial charge in [-0.25, -0.2) is 0 Å². The highest BCUT2D eigenvalue weighted by Crippen LogP contribution is 2.12. The summed E-state index contributed by atoms with van der Waals surface area (Å²) >= 11 is 0. The molecule has 106 valence electrons. The summed E-state index contributed by atoms with van der Waals surface area (Å²) in [4.78, 5) is 4.41. The van der Waals surface area contributed by atoms with E-state index in [1.165, 1.54) is 12.8 Å². The second-order valence-corrected chi connectivity index (χ2v) is 5.01. The third kappa shape index (κ3) is 3.57. The molecule has 2 aromatic rings. The molecule has 1 aliphatic heterocycles. The Hall–Kier alpha value is -1.88. The first-order valence-corrected chi connectivity index (χ1v) is 7.13. The Morgan fingerprint density at radius 3 is 3.00 bits per heavy atom. The molecule has 1 fully saturated rings. The van der Waals surface area contributed by atoms with E-state index in [-0.39, 0.29) is 0 Å². The molecule has 0 saturated carbocycles. The topological polar surface area (TPSA) is 60.2 Å². The smallest absolute Gasteiger partial charge is 0.228 e. The summed E-state index contributed by atoms with van der Waals surface area (Å²) in [6.45, 7) is 1.65. The number of nitrogens with zero attached hydrogens (tertiary/aromatic N) is 2. The lowest BCUT2D eigenvalue weighted by Crippen LogP contribution is -2.23. The molecule has 0 aliphatic carbocycles. The Labute approximate surface area is 118 Å². The highest BCUT2D eigenvalue weighted by molar-refractivity contribution is 5.20. The van der Waals surface area contributed by atoms with Gasteiger partial charge in [-0.05, 0) is 31.5 Å². The molecule has 0 radical (unpaired) electrons. The van der Waals surface area contributed by atoms with E-state index in [1.807, 2.05) is 30.3 Å². The van der Waals surface area contributed by atoms with E-state index in [1.54, 1.807) is 0 Å². The Bertz CT molecular complexity index is 521. The van der Waals surface area contributed by atoms with Gasteiger partial charge >= 0.3 is 0 Å². The second-order valence-electron chi connectivity index (χ2n) is 5.01. The van der Waals surface area contributed by atoms with Gasteiger partial charge in [-0.3, -0.25) is 0 Å². The van der Waals surface area contributed by atoms with Crippen LogP contribution >= 0.6 is 0 Å². The maximum absolute atomic E-state index is 5.62. The number of aromatic nitrogens is 2. The van der Waals surface area contributed by atoms with E-state index in [2.05, 4.69) is 15.5 Å². The molecule has 2 heterocycles. The van der Waals surface area contributed by atoms with E-state index in [9.17, 15) is 0 Å². The quantitative estimate of drug-likeness (QED) is 0.872. The van der Waals surface area contributed by atoms with E-state index in [0.29, 0.717) is 24.9 Å². The van der Waals surface area contributed by atoms with Crippen LogP contribution in [0.1, 0.15) is 24.6 Å². The van der Waals surface area contributed by atoms with E-state index < -0.39 is 0 Å². The molecular formula is C15H19N3O2. The fourth-order valence-electron chi connectivity index (χ4n) is 2.39. The number of para-hydroxylation sites is 1. The highest BCUT2D eigenvalue weighted by Gasteiger charge is 2.17. The van der Waals surface area contributed by atoms with E-state index in [0.717, 1.165) is 24.6 Å². The predicted octanol–water partition coefficient (Wildman–Crippen LogP) is 1.99. The van der Waals surface area contributed by atoms with Crippen molar-refractivity contribution in [1.29, 1.82) is 0 Å². The fourth-order valence-corrected chi connectivity index (χ4v) is 2.39. The predicted molar refractivity (Wildman–Crippen MR) is 74.7 cm³/mol. The summed E-state index contributed by atoms with van der Waals surface area (Å²) in [5.41, 5.74) is 0. The summed E-state index contributed by atoms with van der Waals surface area (Å²) in [7, 11) is 0. The van der Waals surface area contributed by atoms with Crippen molar-refractivity contribution in [2.75, 3.05) is 13.2 Å². The van der Waals surface area contributed by atoms with Gasteiger partial charge in [0.25, 0.3) is 0 Å². The van der Waals surface area contributed by atoms with Gasteiger partial charge in [0.1, 0.15) is 5.75 Å². The zero-order valence-electron chi connectivity index (χ0n) is 11.4. The first-order chi connectivity index (χ1) is 9.90. The number of rotatable bonds is 6. The Morgan fingerprint density at radius 2 is 2.20 bits per heavy atom. The van der Waals surface area contributed by atoms with Gasteiger partial charge in [-0.2, -0.15) is 4.98 Å². The number of ether oxygens (including phenoxy) is 1. The van der Waals surface area contributed by atoms with Crippen molar-refractivity contribution < 1.29 is 9.26 Å². The first-order valence-electron chi connectivity index (χ1n) is 7.13. The average Bonchev–Trinajstić information content (AvgIpc) is 3.13. The highest BCUT2D eigenvalue weighted by atomic mass is 16.5. The van der Waals surface area contributed by atoms with Crippen molar-refractivity contribution in [3.63, 3.8) is 0 Å². The molecule has 0 amide bonds. The Balaban J connectivity index is 1.45. The summed E-state index contributed by atoms with van der Waals surface area (Å²) in [6.07, 6.45) is 3.91. The van der Waals surface area contributed by atoms with Gasteiger partial charge in [0.05, 0.1) is 6.61 Å². The largest absolute Gasteiger partial charge is 0.493 e. The van der Waals surface area contributed by atoms with E-state index in [4.69, 9.17) is 9.26 Å². The monoisotopic (exact) mass is 273 g/mol. The zero-order valence-corrected chi connectivity index (χ0v) is 11.4. The summed E-state index contributed by atoms with van der Waals surface area (Å²) in [5, 5.41) is 7.42. The van der Waals surface area contributed by atoms with Crippen molar-refractivity contribution in [3.05, 3.63) is 42.0 Å². The van der Waals surface area contributed by atoms with Gasteiger partial charge < -0.3 is 14.6 Å². The molecule has 1 aromatic heterocycles. The molecule has 1 aliphatic rings. The zero-order chi connectivity index (χ0) is 13.6. The number of nitrogens with one attached hydrogen (secondary N) is 1. The molecule has 1 unspecified atom stereocenters. The van der Waals surface area contributed by atoms with Crippen LogP contribution in [0.4, 0.5) is 0 Å². The lowest BCUT2D eigenvalue weighted by atomic mass is 10.1. The van der Waals surface area contributed by atoms with Crippen LogP contribution in [0.5, 0.6) is 5.75 Å². The van der Waals surface area contributed by atoms with Crippen molar-refractivity contribution >= 4 is 0 Å². The standard InChI is InChI=1S/C15H19N3O2/c1-2-6-13(7-3-1)19-10-8-14-17-15(20-18-14)11-12-5-4-9-16-12/h1-3,6-7,12,16H,4-5,8-11H2. The molecule has 5 nitrogen and oxygen atoms in total. The molecule has 0 bridgehead atoms. The second kappa shape index (κ2) is 6.52. The Kier molecular flexibility index (Phi) is 4.28. The number of benzene rings is 1. The van der Waals surface area contributed by atoms with Crippen LogP contribution in [-0.4, -0.2) is 29.3 Å². The van der Waals surface area contributed by atoms with Gasteiger partial charge in [-0.1, -0.05) is 23.4 Å². The third-order valence-electron chi connectivity index (χ3n) is 3.43. The van der Waals surface area contributed by atoms with Gasteiger partial charge in [0.2, 0.25) is 5.89 Å². The molecule has 1 saturated heterocycles. The molecule has 0 spiro atoms. The maximum atomic E-state index is 5.62. The molecule has 5 heteroatoms. The normalized spacial score (nSPS) is 18.3.